The van der Waals surface area contributed by atoms with E-state index in [0.717, 1.165) is 17.6 Å². The maximum absolute atomic E-state index is 10.3. The number of aryl methyl sites for hydroxylation is 1. The Hall–Kier alpha value is -1.57. The first kappa shape index (κ1) is 11.5. The number of aliphatic carboxylic acids is 1. The topological polar surface area (TPSA) is 37.3 Å². The van der Waals surface area contributed by atoms with Crippen molar-refractivity contribution < 1.29 is 9.90 Å². The summed E-state index contributed by atoms with van der Waals surface area (Å²) >= 11 is 0. The predicted molar refractivity (Wildman–Crippen MR) is 61.7 cm³/mol. The summed E-state index contributed by atoms with van der Waals surface area (Å²) in [6.45, 7) is 5.83. The third-order valence-electron chi connectivity index (χ3n) is 2.30. The van der Waals surface area contributed by atoms with Crippen LogP contribution in [-0.2, 0) is 11.2 Å². The van der Waals surface area contributed by atoms with Crippen molar-refractivity contribution in [2.24, 2.45) is 0 Å². The summed E-state index contributed by atoms with van der Waals surface area (Å²) in [5, 5.41) is 8.50. The minimum absolute atomic E-state index is 0.238. The Bertz CT molecular complexity index is 349. The molecule has 1 aromatic rings. The summed E-state index contributed by atoms with van der Waals surface area (Å²) in [6.07, 6.45) is 1.76. The van der Waals surface area contributed by atoms with Crippen molar-refractivity contribution in [3.8, 4) is 0 Å². The van der Waals surface area contributed by atoms with E-state index in [9.17, 15) is 4.79 Å². The molecule has 80 valence electrons. The zero-order valence-electron chi connectivity index (χ0n) is 8.99. The smallest absolute Gasteiger partial charge is 0.303 e. The van der Waals surface area contributed by atoms with Crippen LogP contribution in [0.2, 0.25) is 0 Å². The molecule has 0 saturated carbocycles. The first-order chi connectivity index (χ1) is 7.09. The van der Waals surface area contributed by atoms with Gasteiger partial charge in [0.05, 0.1) is 0 Å². The normalized spacial score (nSPS) is 9.93. The quantitative estimate of drug-likeness (QED) is 0.800. The molecule has 0 radical (unpaired) electrons. The van der Waals surface area contributed by atoms with Crippen LogP contribution in [0.4, 0.5) is 0 Å². The minimum Gasteiger partial charge on any atom is -0.481 e. The summed E-state index contributed by atoms with van der Waals surface area (Å²) in [5.41, 5.74) is 3.37. The van der Waals surface area contributed by atoms with Crippen molar-refractivity contribution in [2.75, 3.05) is 0 Å². The molecule has 2 nitrogen and oxygen atoms in total. The zero-order valence-corrected chi connectivity index (χ0v) is 8.99. The monoisotopic (exact) mass is 204 g/mol. The van der Waals surface area contributed by atoms with Crippen LogP contribution >= 0.6 is 0 Å². The van der Waals surface area contributed by atoms with Gasteiger partial charge in [-0.2, -0.15) is 0 Å². The fourth-order valence-electron chi connectivity index (χ4n) is 1.40. The van der Waals surface area contributed by atoms with Gasteiger partial charge in [-0.05, 0) is 30.9 Å². The van der Waals surface area contributed by atoms with E-state index in [1.165, 1.54) is 5.56 Å². The molecule has 0 fully saturated rings. The molecule has 0 aliphatic heterocycles. The molecule has 0 atom stereocenters. The van der Waals surface area contributed by atoms with Gasteiger partial charge in [0.25, 0.3) is 0 Å². The average molecular weight is 204 g/mol. The molecule has 0 unspecified atom stereocenters. The fourth-order valence-corrected chi connectivity index (χ4v) is 1.40. The first-order valence-corrected chi connectivity index (χ1v) is 5.06. The molecule has 0 saturated heterocycles. The molecular formula is C13H16O2. The van der Waals surface area contributed by atoms with Crippen LogP contribution in [0.3, 0.4) is 0 Å². The number of carboxylic acids is 1. The number of carbonyl (C=O) groups is 1. The zero-order chi connectivity index (χ0) is 11.3. The Labute approximate surface area is 90.3 Å². The van der Waals surface area contributed by atoms with E-state index in [1.54, 1.807) is 0 Å². The molecule has 1 N–H and O–H groups in total. The van der Waals surface area contributed by atoms with Gasteiger partial charge in [-0.15, -0.1) is 0 Å². The number of hydrogen-bond donors (Lipinski definition) is 1. The highest BCUT2D eigenvalue weighted by Gasteiger charge is 1.98. The molecule has 0 heterocycles. The van der Waals surface area contributed by atoms with Gasteiger partial charge in [-0.3, -0.25) is 4.79 Å². The van der Waals surface area contributed by atoms with Crippen LogP contribution in [-0.4, -0.2) is 11.1 Å². The van der Waals surface area contributed by atoms with Crippen molar-refractivity contribution in [3.05, 3.63) is 42.0 Å². The largest absolute Gasteiger partial charge is 0.481 e. The number of benzene rings is 1. The number of allylic oxidation sites excluding steroid dienone is 1. The van der Waals surface area contributed by atoms with E-state index in [-0.39, 0.29) is 6.42 Å². The molecule has 1 rings (SSSR count). The summed E-state index contributed by atoms with van der Waals surface area (Å²) in [5.74, 6) is -0.728. The van der Waals surface area contributed by atoms with Gasteiger partial charge >= 0.3 is 5.97 Å². The predicted octanol–water partition coefficient (Wildman–Crippen LogP) is 3.13. The van der Waals surface area contributed by atoms with Gasteiger partial charge < -0.3 is 5.11 Å². The highest BCUT2D eigenvalue weighted by Crippen LogP contribution is 2.13. The second-order valence-corrected chi connectivity index (χ2v) is 3.72. The van der Waals surface area contributed by atoms with Crippen LogP contribution in [0.5, 0.6) is 0 Å². The molecule has 1 aromatic carbocycles. The lowest BCUT2D eigenvalue weighted by Crippen LogP contribution is -1.95. The molecule has 0 spiro atoms. The van der Waals surface area contributed by atoms with Crippen LogP contribution in [0.15, 0.2) is 30.8 Å². The molecular weight excluding hydrogens is 188 g/mol. The second-order valence-electron chi connectivity index (χ2n) is 3.72. The van der Waals surface area contributed by atoms with E-state index < -0.39 is 5.97 Å². The van der Waals surface area contributed by atoms with E-state index >= 15 is 0 Å². The summed E-state index contributed by atoms with van der Waals surface area (Å²) in [4.78, 5) is 10.3. The van der Waals surface area contributed by atoms with E-state index in [1.807, 2.05) is 31.2 Å². The molecule has 0 aliphatic carbocycles. The van der Waals surface area contributed by atoms with Crippen LogP contribution in [0, 0.1) is 0 Å². The number of rotatable bonds is 5. The van der Waals surface area contributed by atoms with E-state index in [4.69, 9.17) is 5.11 Å². The molecule has 0 amide bonds. The molecule has 0 aliphatic rings. The van der Waals surface area contributed by atoms with Crippen molar-refractivity contribution >= 4 is 11.5 Å². The van der Waals surface area contributed by atoms with Crippen molar-refractivity contribution in [3.63, 3.8) is 0 Å². The third-order valence-corrected chi connectivity index (χ3v) is 2.30. The van der Waals surface area contributed by atoms with Gasteiger partial charge in [-0.1, -0.05) is 36.4 Å². The Morgan fingerprint density at radius 1 is 1.33 bits per heavy atom. The maximum Gasteiger partial charge on any atom is 0.303 e. The molecule has 0 bridgehead atoms. The highest BCUT2D eigenvalue weighted by molar-refractivity contribution is 5.66. The fraction of sp³-hybridized carbons (Fsp3) is 0.308. The maximum atomic E-state index is 10.3. The summed E-state index contributed by atoms with van der Waals surface area (Å²) in [6, 6.07) is 8.12. The van der Waals surface area contributed by atoms with Gasteiger partial charge in [0.1, 0.15) is 0 Å². The Morgan fingerprint density at radius 2 is 1.93 bits per heavy atom. The lowest BCUT2D eigenvalue weighted by Gasteiger charge is -2.02. The first-order valence-electron chi connectivity index (χ1n) is 5.06. The second kappa shape index (κ2) is 5.35. The van der Waals surface area contributed by atoms with Crippen LogP contribution in [0.25, 0.3) is 5.57 Å². The van der Waals surface area contributed by atoms with Gasteiger partial charge in [0, 0.05) is 6.42 Å². The number of carboxylic acid groups (broad SMARTS) is 1. The molecule has 0 aromatic heterocycles. The van der Waals surface area contributed by atoms with Gasteiger partial charge in [0.2, 0.25) is 0 Å². The lowest BCUT2D eigenvalue weighted by atomic mass is 10.0. The van der Waals surface area contributed by atoms with E-state index in [2.05, 4.69) is 6.58 Å². The van der Waals surface area contributed by atoms with Crippen molar-refractivity contribution in [2.45, 2.75) is 26.2 Å². The Kier molecular flexibility index (Phi) is 4.10. The lowest BCUT2D eigenvalue weighted by molar-refractivity contribution is -0.137. The van der Waals surface area contributed by atoms with Crippen molar-refractivity contribution in [1.29, 1.82) is 0 Å². The molecule has 15 heavy (non-hydrogen) atoms. The van der Waals surface area contributed by atoms with Crippen LogP contribution < -0.4 is 0 Å². The van der Waals surface area contributed by atoms with E-state index in [0.29, 0.717) is 6.42 Å². The highest BCUT2D eigenvalue weighted by atomic mass is 16.4. The SMILES string of the molecule is C=C(C)c1ccc(CCCC(=O)O)cc1. The summed E-state index contributed by atoms with van der Waals surface area (Å²) < 4.78 is 0. The Morgan fingerprint density at radius 3 is 2.40 bits per heavy atom. The Balaban J connectivity index is 2.50. The third kappa shape index (κ3) is 3.98. The minimum atomic E-state index is -0.728. The standard InChI is InChI=1S/C13H16O2/c1-10(2)12-8-6-11(7-9-12)4-3-5-13(14)15/h6-9H,1,3-5H2,2H3,(H,14,15). The van der Waals surface area contributed by atoms with Crippen molar-refractivity contribution in [1.82, 2.24) is 0 Å². The molecule has 2 heteroatoms. The average Bonchev–Trinajstić information content (AvgIpc) is 2.18. The van der Waals surface area contributed by atoms with Crippen LogP contribution in [0.1, 0.15) is 30.9 Å². The van der Waals surface area contributed by atoms with Gasteiger partial charge in [0.15, 0.2) is 0 Å². The summed E-state index contributed by atoms with van der Waals surface area (Å²) in [7, 11) is 0. The number of hydrogen-bond acceptors (Lipinski definition) is 1. The van der Waals surface area contributed by atoms with Gasteiger partial charge in [-0.25, -0.2) is 0 Å².